The number of ether oxygens (including phenoxy) is 1. The summed E-state index contributed by atoms with van der Waals surface area (Å²) in [6, 6.07) is 14.8. The average molecular weight is 410 g/mol. The molecule has 1 aliphatic rings. The monoisotopic (exact) mass is 409 g/mol. The second kappa shape index (κ2) is 10.3. The number of carbonyl (C=O) groups is 2. The summed E-state index contributed by atoms with van der Waals surface area (Å²) < 4.78 is 5.35. The quantitative estimate of drug-likeness (QED) is 0.626. The third-order valence-corrected chi connectivity index (χ3v) is 5.84. The van der Waals surface area contributed by atoms with E-state index in [-0.39, 0.29) is 23.8 Å². The SMILES string of the molecule is CC[C@H](C)[C@@H](NC(=O)[C@@H]1Cc2ccccc2CN1)C(=O)NCc1ccccc1OC. The summed E-state index contributed by atoms with van der Waals surface area (Å²) in [7, 11) is 1.61. The molecule has 1 aliphatic heterocycles. The molecule has 30 heavy (non-hydrogen) atoms. The van der Waals surface area contributed by atoms with Gasteiger partial charge in [-0.3, -0.25) is 9.59 Å². The van der Waals surface area contributed by atoms with E-state index in [0.29, 0.717) is 19.5 Å². The molecule has 0 saturated heterocycles. The van der Waals surface area contributed by atoms with Crippen LogP contribution in [-0.2, 0) is 29.1 Å². The van der Waals surface area contributed by atoms with Gasteiger partial charge in [0.25, 0.3) is 0 Å². The molecule has 0 unspecified atom stereocenters. The van der Waals surface area contributed by atoms with Gasteiger partial charge < -0.3 is 20.7 Å². The van der Waals surface area contributed by atoms with Crippen LogP contribution < -0.4 is 20.7 Å². The van der Waals surface area contributed by atoms with Crippen LogP contribution in [-0.4, -0.2) is 31.0 Å². The highest BCUT2D eigenvalue weighted by molar-refractivity contribution is 5.90. The Morgan fingerprint density at radius 3 is 2.57 bits per heavy atom. The van der Waals surface area contributed by atoms with E-state index in [1.165, 1.54) is 11.1 Å². The van der Waals surface area contributed by atoms with Gasteiger partial charge in [-0.05, 0) is 29.5 Å². The molecule has 6 heteroatoms. The Morgan fingerprint density at radius 2 is 1.83 bits per heavy atom. The number of fused-ring (bicyclic) bond motifs is 1. The molecule has 0 fully saturated rings. The lowest BCUT2D eigenvalue weighted by Gasteiger charge is -2.29. The minimum atomic E-state index is -0.587. The van der Waals surface area contributed by atoms with Crippen LogP contribution >= 0.6 is 0 Å². The minimum absolute atomic E-state index is 0.0162. The molecule has 0 aromatic heterocycles. The molecule has 0 aliphatic carbocycles. The molecule has 2 amide bonds. The highest BCUT2D eigenvalue weighted by Gasteiger charge is 2.30. The zero-order valence-electron chi connectivity index (χ0n) is 17.9. The summed E-state index contributed by atoms with van der Waals surface area (Å²) in [6.45, 7) is 5.01. The van der Waals surface area contributed by atoms with Gasteiger partial charge in [0.05, 0.1) is 13.2 Å². The molecule has 3 N–H and O–H groups in total. The molecule has 3 atom stereocenters. The first-order valence-electron chi connectivity index (χ1n) is 10.5. The van der Waals surface area contributed by atoms with Crippen LogP contribution in [0.25, 0.3) is 0 Å². The van der Waals surface area contributed by atoms with Gasteiger partial charge in [0.1, 0.15) is 11.8 Å². The van der Waals surface area contributed by atoms with E-state index in [2.05, 4.69) is 28.1 Å². The maximum atomic E-state index is 12.9. The summed E-state index contributed by atoms with van der Waals surface area (Å²) in [5, 5.41) is 9.24. The lowest BCUT2D eigenvalue weighted by molar-refractivity contribution is -0.131. The normalized spacial score (nSPS) is 17.4. The van der Waals surface area contributed by atoms with E-state index in [1.54, 1.807) is 7.11 Å². The Bertz CT molecular complexity index is 884. The van der Waals surface area contributed by atoms with E-state index in [1.807, 2.05) is 50.2 Å². The third kappa shape index (κ3) is 5.19. The van der Waals surface area contributed by atoms with E-state index >= 15 is 0 Å². The number of hydrogen-bond donors (Lipinski definition) is 3. The first-order chi connectivity index (χ1) is 14.5. The van der Waals surface area contributed by atoms with Gasteiger partial charge in [-0.25, -0.2) is 0 Å². The van der Waals surface area contributed by atoms with Crippen LogP contribution in [0.2, 0.25) is 0 Å². The average Bonchev–Trinajstić information content (AvgIpc) is 2.80. The summed E-state index contributed by atoms with van der Waals surface area (Å²) in [5.41, 5.74) is 3.29. The maximum Gasteiger partial charge on any atom is 0.243 e. The summed E-state index contributed by atoms with van der Waals surface area (Å²) in [4.78, 5) is 25.9. The lowest BCUT2D eigenvalue weighted by Crippen LogP contribution is -2.56. The fraction of sp³-hybridized carbons (Fsp3) is 0.417. The predicted octanol–water partition coefficient (Wildman–Crippen LogP) is 2.56. The lowest BCUT2D eigenvalue weighted by atomic mass is 9.94. The zero-order valence-corrected chi connectivity index (χ0v) is 17.9. The van der Waals surface area contributed by atoms with E-state index in [0.717, 1.165) is 17.7 Å². The van der Waals surface area contributed by atoms with Gasteiger partial charge in [0.15, 0.2) is 0 Å². The Labute approximate surface area is 178 Å². The van der Waals surface area contributed by atoms with Crippen molar-refractivity contribution >= 4 is 11.8 Å². The first-order valence-corrected chi connectivity index (χ1v) is 10.5. The van der Waals surface area contributed by atoms with Crippen molar-refractivity contribution in [2.75, 3.05) is 7.11 Å². The molecule has 3 rings (SSSR count). The molecule has 0 saturated carbocycles. The number of rotatable bonds is 8. The third-order valence-electron chi connectivity index (χ3n) is 5.84. The molecular formula is C24H31N3O3. The maximum absolute atomic E-state index is 12.9. The fourth-order valence-corrected chi connectivity index (χ4v) is 3.74. The highest BCUT2D eigenvalue weighted by Crippen LogP contribution is 2.18. The molecule has 0 spiro atoms. The first kappa shape index (κ1) is 21.8. The van der Waals surface area contributed by atoms with Crippen molar-refractivity contribution in [3.05, 3.63) is 65.2 Å². The van der Waals surface area contributed by atoms with Crippen LogP contribution in [0.3, 0.4) is 0 Å². The Balaban J connectivity index is 1.64. The van der Waals surface area contributed by atoms with Crippen LogP contribution in [0.1, 0.15) is 37.0 Å². The highest BCUT2D eigenvalue weighted by atomic mass is 16.5. The van der Waals surface area contributed by atoms with Crippen LogP contribution in [0.15, 0.2) is 48.5 Å². The minimum Gasteiger partial charge on any atom is -0.496 e. The smallest absolute Gasteiger partial charge is 0.243 e. The van der Waals surface area contributed by atoms with E-state index < -0.39 is 6.04 Å². The van der Waals surface area contributed by atoms with Gasteiger partial charge >= 0.3 is 0 Å². The number of carbonyl (C=O) groups excluding carboxylic acids is 2. The van der Waals surface area contributed by atoms with Crippen molar-refractivity contribution in [1.29, 1.82) is 0 Å². The number of hydrogen-bond acceptors (Lipinski definition) is 4. The second-order valence-corrected chi connectivity index (χ2v) is 7.81. The molecular weight excluding hydrogens is 378 g/mol. The topological polar surface area (TPSA) is 79.5 Å². The molecule has 6 nitrogen and oxygen atoms in total. The van der Waals surface area contributed by atoms with Crippen LogP contribution in [0, 0.1) is 5.92 Å². The van der Waals surface area contributed by atoms with Crippen molar-refractivity contribution in [1.82, 2.24) is 16.0 Å². The van der Waals surface area contributed by atoms with Crippen molar-refractivity contribution in [3.8, 4) is 5.75 Å². The Hall–Kier alpha value is -2.86. The fourth-order valence-electron chi connectivity index (χ4n) is 3.74. The van der Waals surface area contributed by atoms with Crippen LogP contribution in [0.4, 0.5) is 0 Å². The van der Waals surface area contributed by atoms with Gasteiger partial charge in [-0.2, -0.15) is 0 Å². The van der Waals surface area contributed by atoms with E-state index in [9.17, 15) is 9.59 Å². The van der Waals surface area contributed by atoms with Gasteiger partial charge in [0.2, 0.25) is 11.8 Å². The second-order valence-electron chi connectivity index (χ2n) is 7.81. The number of amides is 2. The number of para-hydroxylation sites is 1. The molecule has 2 aromatic rings. The molecule has 0 bridgehead atoms. The largest absolute Gasteiger partial charge is 0.496 e. The Morgan fingerprint density at radius 1 is 1.13 bits per heavy atom. The van der Waals surface area contributed by atoms with Gasteiger partial charge in [-0.15, -0.1) is 0 Å². The van der Waals surface area contributed by atoms with Crippen molar-refractivity contribution in [2.24, 2.45) is 5.92 Å². The number of methoxy groups -OCH3 is 1. The van der Waals surface area contributed by atoms with Gasteiger partial charge in [-0.1, -0.05) is 62.7 Å². The van der Waals surface area contributed by atoms with Gasteiger partial charge in [0, 0.05) is 18.7 Å². The molecule has 2 aromatic carbocycles. The summed E-state index contributed by atoms with van der Waals surface area (Å²) >= 11 is 0. The molecule has 160 valence electrons. The van der Waals surface area contributed by atoms with Crippen molar-refractivity contribution < 1.29 is 14.3 Å². The van der Waals surface area contributed by atoms with E-state index in [4.69, 9.17) is 4.74 Å². The van der Waals surface area contributed by atoms with Crippen molar-refractivity contribution in [2.45, 2.75) is 51.9 Å². The predicted molar refractivity (Wildman–Crippen MR) is 117 cm³/mol. The van der Waals surface area contributed by atoms with Crippen molar-refractivity contribution in [3.63, 3.8) is 0 Å². The number of benzene rings is 2. The standard InChI is InChI=1S/C24H31N3O3/c1-4-16(2)22(24(29)26-15-19-11-7-8-12-21(19)30-3)27-23(28)20-13-17-9-5-6-10-18(17)14-25-20/h5-12,16,20,22,25H,4,13-15H2,1-3H3,(H,26,29)(H,27,28)/t16-,20-,22+/m0/s1. The van der Waals surface area contributed by atoms with Crippen LogP contribution in [0.5, 0.6) is 5.75 Å². The summed E-state index contributed by atoms with van der Waals surface area (Å²) in [5.74, 6) is 0.427. The molecule has 0 radical (unpaired) electrons. The zero-order chi connectivity index (χ0) is 21.5. The summed E-state index contributed by atoms with van der Waals surface area (Å²) in [6.07, 6.45) is 1.41. The number of nitrogens with one attached hydrogen (secondary N) is 3. The Kier molecular flexibility index (Phi) is 7.46. The molecule has 1 heterocycles.